The molecule has 4 aromatic carbocycles. The number of carbonyl (C=O) groups excluding carboxylic acids is 1. The molecule has 1 aliphatic heterocycles. The molecule has 0 amide bonds. The number of anilines is 5. The van der Waals surface area contributed by atoms with E-state index in [9.17, 15) is 4.79 Å². The molecule has 0 fully saturated rings. The van der Waals surface area contributed by atoms with Gasteiger partial charge in [0, 0.05) is 81.8 Å². The first-order valence-electron chi connectivity index (χ1n) is 12.7. The maximum atomic E-state index is 13.6. The monoisotopic (exact) mass is 506 g/mol. The van der Waals surface area contributed by atoms with Crippen LogP contribution in [0.15, 0.2) is 97.1 Å². The van der Waals surface area contributed by atoms with Crippen molar-refractivity contribution in [1.29, 1.82) is 0 Å². The molecule has 0 N–H and O–H groups in total. The molecule has 194 valence electrons. The van der Waals surface area contributed by atoms with Crippen LogP contribution >= 0.6 is 0 Å². The second kappa shape index (κ2) is 9.78. The lowest BCUT2D eigenvalue weighted by Crippen LogP contribution is -2.45. The molecule has 0 radical (unpaired) electrons. The van der Waals surface area contributed by atoms with Crippen molar-refractivity contribution in [3.63, 3.8) is 0 Å². The van der Waals surface area contributed by atoms with Crippen molar-refractivity contribution >= 4 is 34.4 Å². The maximum absolute atomic E-state index is 13.6. The highest BCUT2D eigenvalue weighted by atomic mass is 16.6. The van der Waals surface area contributed by atoms with Crippen LogP contribution in [0.2, 0.25) is 0 Å². The average molecular weight is 507 g/mol. The highest BCUT2D eigenvalue weighted by molar-refractivity contribution is 5.98. The summed E-state index contributed by atoms with van der Waals surface area (Å²) in [6.45, 7) is 0. The lowest BCUT2D eigenvalue weighted by molar-refractivity contribution is 0.0134. The fourth-order valence-corrected chi connectivity index (χ4v) is 5.00. The van der Waals surface area contributed by atoms with Crippen LogP contribution in [0.1, 0.15) is 21.5 Å². The molecule has 6 heteroatoms. The SMILES string of the molecule is CN(C)c1ccc(N(c2ccccc2)C2(c3ccc(N(C)C)cc3)OC(=O)c3cc(N(C)C)ccc32)cc1. The summed E-state index contributed by atoms with van der Waals surface area (Å²) in [5, 5.41) is 0. The molecule has 1 atom stereocenters. The van der Waals surface area contributed by atoms with E-state index >= 15 is 0 Å². The van der Waals surface area contributed by atoms with E-state index in [1.165, 1.54) is 0 Å². The highest BCUT2D eigenvalue weighted by Gasteiger charge is 2.52. The Bertz CT molecular complexity index is 1430. The zero-order valence-corrected chi connectivity index (χ0v) is 22.8. The maximum Gasteiger partial charge on any atom is 0.341 e. The quantitative estimate of drug-likeness (QED) is 0.282. The molecule has 0 aromatic heterocycles. The van der Waals surface area contributed by atoms with Crippen molar-refractivity contribution in [2.45, 2.75) is 5.72 Å². The Kier molecular flexibility index (Phi) is 6.49. The first-order chi connectivity index (χ1) is 18.2. The number of carbonyl (C=O) groups is 1. The zero-order chi connectivity index (χ0) is 27.0. The third kappa shape index (κ3) is 4.22. The van der Waals surface area contributed by atoms with Gasteiger partial charge in [-0.2, -0.15) is 0 Å². The minimum Gasteiger partial charge on any atom is -0.426 e. The molecule has 1 heterocycles. The van der Waals surface area contributed by atoms with Crippen LogP contribution in [-0.2, 0) is 10.5 Å². The summed E-state index contributed by atoms with van der Waals surface area (Å²) >= 11 is 0. The van der Waals surface area contributed by atoms with Gasteiger partial charge in [-0.05, 0) is 66.7 Å². The highest BCUT2D eigenvalue weighted by Crippen LogP contribution is 2.51. The molecule has 4 aromatic rings. The number of nitrogens with zero attached hydrogens (tertiary/aromatic N) is 4. The molecule has 1 aliphatic rings. The van der Waals surface area contributed by atoms with Gasteiger partial charge in [0.1, 0.15) is 0 Å². The molecule has 0 bridgehead atoms. The Balaban J connectivity index is 1.81. The van der Waals surface area contributed by atoms with E-state index in [2.05, 4.69) is 75.4 Å². The third-order valence-corrected chi connectivity index (χ3v) is 7.07. The summed E-state index contributed by atoms with van der Waals surface area (Å²) in [4.78, 5) is 21.9. The predicted octanol–water partition coefficient (Wildman–Crippen LogP) is 6.09. The van der Waals surface area contributed by atoms with Crippen molar-refractivity contribution in [1.82, 2.24) is 0 Å². The number of hydrogen-bond acceptors (Lipinski definition) is 6. The lowest BCUT2D eigenvalue weighted by Gasteiger charge is -2.42. The van der Waals surface area contributed by atoms with Crippen molar-refractivity contribution < 1.29 is 9.53 Å². The van der Waals surface area contributed by atoms with Crippen molar-refractivity contribution in [3.05, 3.63) is 114 Å². The fraction of sp³-hybridized carbons (Fsp3) is 0.219. The average Bonchev–Trinajstić information content (AvgIpc) is 3.22. The van der Waals surface area contributed by atoms with E-state index in [1.807, 2.05) is 83.6 Å². The topological polar surface area (TPSA) is 39.3 Å². The number of ether oxygens (including phenoxy) is 1. The van der Waals surface area contributed by atoms with Gasteiger partial charge in [0.2, 0.25) is 5.72 Å². The van der Waals surface area contributed by atoms with Crippen LogP contribution in [0.3, 0.4) is 0 Å². The number of esters is 1. The van der Waals surface area contributed by atoms with Gasteiger partial charge >= 0.3 is 5.97 Å². The molecule has 6 nitrogen and oxygen atoms in total. The summed E-state index contributed by atoms with van der Waals surface area (Å²) in [5.74, 6) is -0.341. The molecule has 38 heavy (non-hydrogen) atoms. The zero-order valence-electron chi connectivity index (χ0n) is 22.8. The van der Waals surface area contributed by atoms with E-state index in [4.69, 9.17) is 4.74 Å². The minimum absolute atomic E-state index is 0.341. The number of hydrogen-bond donors (Lipinski definition) is 0. The predicted molar refractivity (Wildman–Crippen MR) is 157 cm³/mol. The van der Waals surface area contributed by atoms with E-state index in [-0.39, 0.29) is 5.97 Å². The number of cyclic esters (lactones) is 1. The Morgan fingerprint density at radius 1 is 0.553 bits per heavy atom. The van der Waals surface area contributed by atoms with Crippen LogP contribution in [0.4, 0.5) is 28.4 Å². The normalized spacial score (nSPS) is 16.0. The molecule has 0 aliphatic carbocycles. The molecule has 0 spiro atoms. The van der Waals surface area contributed by atoms with E-state index in [1.54, 1.807) is 0 Å². The van der Waals surface area contributed by atoms with E-state index in [0.717, 1.165) is 39.6 Å². The summed E-state index contributed by atoms with van der Waals surface area (Å²) in [6.07, 6.45) is 0. The second-order valence-corrected chi connectivity index (χ2v) is 10.2. The van der Waals surface area contributed by atoms with Crippen molar-refractivity contribution in [2.75, 3.05) is 61.9 Å². The minimum atomic E-state index is -1.21. The first kappa shape index (κ1) is 25.2. The Labute approximate surface area is 225 Å². The second-order valence-electron chi connectivity index (χ2n) is 10.2. The van der Waals surface area contributed by atoms with Crippen LogP contribution in [0, 0.1) is 0 Å². The molecule has 1 unspecified atom stereocenters. The van der Waals surface area contributed by atoms with Crippen molar-refractivity contribution in [2.24, 2.45) is 0 Å². The lowest BCUT2D eigenvalue weighted by atomic mass is 9.89. The van der Waals surface area contributed by atoms with Crippen LogP contribution < -0.4 is 19.6 Å². The van der Waals surface area contributed by atoms with E-state index < -0.39 is 5.72 Å². The molecular formula is C32H34N4O2. The Morgan fingerprint density at radius 3 is 1.58 bits per heavy atom. The van der Waals surface area contributed by atoms with Gasteiger partial charge < -0.3 is 19.4 Å². The molecule has 0 saturated carbocycles. The Hall–Kier alpha value is -4.45. The molecular weight excluding hydrogens is 472 g/mol. The largest absolute Gasteiger partial charge is 0.426 e. The van der Waals surface area contributed by atoms with Gasteiger partial charge in [-0.3, -0.25) is 4.90 Å². The fourth-order valence-electron chi connectivity index (χ4n) is 5.00. The van der Waals surface area contributed by atoms with Gasteiger partial charge in [0.05, 0.1) is 5.56 Å². The van der Waals surface area contributed by atoms with Crippen LogP contribution in [-0.4, -0.2) is 48.3 Å². The smallest absolute Gasteiger partial charge is 0.341 e. The number of rotatable bonds is 7. The summed E-state index contributed by atoms with van der Waals surface area (Å²) < 4.78 is 6.53. The van der Waals surface area contributed by atoms with Gasteiger partial charge in [-0.1, -0.05) is 30.3 Å². The molecule has 5 rings (SSSR count). The molecule has 0 saturated heterocycles. The summed E-state index contributed by atoms with van der Waals surface area (Å²) in [5.41, 5.74) is 5.97. The first-order valence-corrected chi connectivity index (χ1v) is 12.7. The van der Waals surface area contributed by atoms with Gasteiger partial charge in [0.15, 0.2) is 0 Å². The van der Waals surface area contributed by atoms with Gasteiger partial charge in [-0.15, -0.1) is 0 Å². The van der Waals surface area contributed by atoms with E-state index in [0.29, 0.717) is 5.56 Å². The summed E-state index contributed by atoms with van der Waals surface area (Å²) in [6, 6.07) is 32.7. The van der Waals surface area contributed by atoms with Crippen molar-refractivity contribution in [3.8, 4) is 0 Å². The van der Waals surface area contributed by atoms with Gasteiger partial charge in [-0.25, -0.2) is 4.79 Å². The van der Waals surface area contributed by atoms with Crippen LogP contribution in [0.25, 0.3) is 0 Å². The number of para-hydroxylation sites is 1. The Morgan fingerprint density at radius 2 is 1.03 bits per heavy atom. The standard InChI is InChI=1S/C32H34N4O2/c1-33(2)24-14-12-23(13-15-24)32(30-21-20-28(35(5)6)22-29(30)31(37)38-32)36(26-10-8-7-9-11-26)27-18-16-25(17-19-27)34(3)4/h7-22H,1-6H3. The summed E-state index contributed by atoms with van der Waals surface area (Å²) in [7, 11) is 12.0. The third-order valence-electron chi connectivity index (χ3n) is 7.07. The van der Waals surface area contributed by atoms with Gasteiger partial charge in [0.25, 0.3) is 0 Å². The number of benzene rings is 4. The number of fused-ring (bicyclic) bond motifs is 1. The van der Waals surface area contributed by atoms with Crippen LogP contribution in [0.5, 0.6) is 0 Å².